The fraction of sp³-hybridized carbons (Fsp3) is 0.222. The number of hydrogen-bond acceptors (Lipinski definition) is 3. The van der Waals surface area contributed by atoms with E-state index in [9.17, 15) is 4.79 Å². The van der Waals surface area contributed by atoms with Crippen molar-refractivity contribution >= 4 is 27.5 Å². The number of carbonyl (C=O) groups is 1. The van der Waals surface area contributed by atoms with E-state index in [4.69, 9.17) is 9.47 Å². The molecule has 0 aliphatic rings. The number of hydrogen-bond donors (Lipinski definition) is 0. The first-order chi connectivity index (χ1) is 14.4. The molecule has 0 N–H and O–H groups in total. The molecule has 4 rings (SSSR count). The number of ether oxygens (including phenoxy) is 2. The molecule has 0 spiro atoms. The second kappa shape index (κ2) is 7.83. The predicted molar refractivity (Wildman–Crippen MR) is 122 cm³/mol. The van der Waals surface area contributed by atoms with Crippen LogP contribution in [0.4, 0.5) is 0 Å². The quantitative estimate of drug-likeness (QED) is 0.360. The van der Waals surface area contributed by atoms with Gasteiger partial charge in [-0.1, -0.05) is 60.7 Å². The predicted octanol–water partition coefficient (Wildman–Crippen LogP) is 6.68. The first-order valence-electron chi connectivity index (χ1n) is 10.1. The lowest BCUT2D eigenvalue weighted by Gasteiger charge is -2.25. The first-order valence-corrected chi connectivity index (χ1v) is 10.1. The highest BCUT2D eigenvalue weighted by molar-refractivity contribution is 5.88. The van der Waals surface area contributed by atoms with E-state index in [1.807, 2.05) is 69.3 Å². The summed E-state index contributed by atoms with van der Waals surface area (Å²) in [5.41, 5.74) is 1.34. The third kappa shape index (κ3) is 3.88. The lowest BCUT2D eigenvalue weighted by Crippen LogP contribution is -2.25. The Morgan fingerprint density at radius 1 is 0.800 bits per heavy atom. The van der Waals surface area contributed by atoms with E-state index in [0.29, 0.717) is 0 Å². The highest BCUT2D eigenvalue weighted by atomic mass is 16.5. The van der Waals surface area contributed by atoms with E-state index in [-0.39, 0.29) is 5.97 Å². The van der Waals surface area contributed by atoms with Gasteiger partial charge in [0.2, 0.25) is 0 Å². The van der Waals surface area contributed by atoms with Gasteiger partial charge in [0.05, 0.1) is 12.5 Å². The van der Waals surface area contributed by atoms with Gasteiger partial charge in [-0.25, -0.2) is 0 Å². The topological polar surface area (TPSA) is 35.5 Å². The maximum atomic E-state index is 12.9. The number of fused-ring (bicyclic) bond motifs is 2. The fourth-order valence-corrected chi connectivity index (χ4v) is 3.61. The third-order valence-corrected chi connectivity index (χ3v) is 5.32. The molecule has 0 heterocycles. The Balaban J connectivity index is 1.87. The Morgan fingerprint density at radius 2 is 1.50 bits per heavy atom. The maximum absolute atomic E-state index is 12.9. The largest absolute Gasteiger partial charge is 0.497 e. The zero-order valence-electron chi connectivity index (χ0n) is 17.8. The zero-order chi connectivity index (χ0) is 21.3. The van der Waals surface area contributed by atoms with Crippen molar-refractivity contribution in [1.82, 2.24) is 0 Å². The summed E-state index contributed by atoms with van der Waals surface area (Å²) in [6.07, 6.45) is -0.491. The average molecular weight is 399 g/mol. The van der Waals surface area contributed by atoms with E-state index in [1.165, 1.54) is 0 Å². The molecule has 4 aromatic rings. The Hall–Kier alpha value is -3.33. The van der Waals surface area contributed by atoms with Gasteiger partial charge in [-0.15, -0.1) is 0 Å². The van der Waals surface area contributed by atoms with E-state index < -0.39 is 11.5 Å². The van der Waals surface area contributed by atoms with E-state index in [0.717, 1.165) is 38.4 Å². The smallest absolute Gasteiger partial charge is 0.312 e. The molecule has 0 fully saturated rings. The number of rotatable bonds is 4. The second-order valence-corrected chi connectivity index (χ2v) is 8.58. The van der Waals surface area contributed by atoms with Gasteiger partial charge in [-0.3, -0.25) is 4.79 Å². The van der Waals surface area contributed by atoms with Gasteiger partial charge >= 0.3 is 5.97 Å². The molecule has 3 heteroatoms. The van der Waals surface area contributed by atoms with Crippen molar-refractivity contribution in [2.45, 2.75) is 26.9 Å². The normalized spacial score (nSPS) is 12.7. The molecule has 0 bridgehead atoms. The standard InChI is InChI=1S/C27H26O3/c1-27(2,3)26(28)30-25(24-11-7-9-18-8-5-6-10-23(18)24)21-13-12-20-17-22(29-4)15-14-19(20)16-21/h5-17,25H,1-4H3. The van der Waals surface area contributed by atoms with Gasteiger partial charge in [0.25, 0.3) is 0 Å². The van der Waals surface area contributed by atoms with Crippen LogP contribution in [0.25, 0.3) is 21.5 Å². The van der Waals surface area contributed by atoms with Crippen LogP contribution in [0.5, 0.6) is 5.75 Å². The summed E-state index contributed by atoms with van der Waals surface area (Å²) in [5.74, 6) is 0.593. The molecule has 0 radical (unpaired) electrons. The summed E-state index contributed by atoms with van der Waals surface area (Å²) in [6, 6.07) is 26.5. The monoisotopic (exact) mass is 398 g/mol. The SMILES string of the molecule is COc1ccc2cc(C(OC(=O)C(C)(C)C)c3cccc4ccccc34)ccc2c1. The van der Waals surface area contributed by atoms with Crippen molar-refractivity contribution in [2.75, 3.05) is 7.11 Å². The molecule has 4 aromatic carbocycles. The Morgan fingerprint density at radius 3 is 2.27 bits per heavy atom. The number of methoxy groups -OCH3 is 1. The van der Waals surface area contributed by atoms with E-state index >= 15 is 0 Å². The van der Waals surface area contributed by atoms with Crippen molar-refractivity contribution in [3.05, 3.63) is 90.0 Å². The van der Waals surface area contributed by atoms with Crippen molar-refractivity contribution in [1.29, 1.82) is 0 Å². The molecule has 0 aliphatic carbocycles. The molecule has 0 aliphatic heterocycles. The zero-order valence-corrected chi connectivity index (χ0v) is 17.8. The summed E-state index contributed by atoms with van der Waals surface area (Å²) in [7, 11) is 1.66. The first kappa shape index (κ1) is 20.0. The van der Waals surface area contributed by atoms with Crippen LogP contribution < -0.4 is 4.74 Å². The molecule has 0 aromatic heterocycles. The molecule has 0 amide bonds. The van der Waals surface area contributed by atoms with Crippen molar-refractivity contribution < 1.29 is 14.3 Å². The Kier molecular flexibility index (Phi) is 5.21. The number of carbonyl (C=O) groups excluding carboxylic acids is 1. The third-order valence-electron chi connectivity index (χ3n) is 5.32. The van der Waals surface area contributed by atoms with Gasteiger partial charge in [0.1, 0.15) is 5.75 Å². The summed E-state index contributed by atoms with van der Waals surface area (Å²) in [5, 5.41) is 4.36. The second-order valence-electron chi connectivity index (χ2n) is 8.58. The van der Waals surface area contributed by atoms with Crippen LogP contribution in [0.2, 0.25) is 0 Å². The van der Waals surface area contributed by atoms with Crippen LogP contribution in [-0.2, 0) is 9.53 Å². The molecule has 30 heavy (non-hydrogen) atoms. The van der Waals surface area contributed by atoms with Crippen LogP contribution in [-0.4, -0.2) is 13.1 Å². The Labute approximate surface area is 177 Å². The van der Waals surface area contributed by atoms with Gasteiger partial charge in [0, 0.05) is 5.56 Å². The van der Waals surface area contributed by atoms with E-state index in [2.05, 4.69) is 30.3 Å². The van der Waals surface area contributed by atoms with Crippen LogP contribution in [0, 0.1) is 5.41 Å². The van der Waals surface area contributed by atoms with Crippen LogP contribution in [0.3, 0.4) is 0 Å². The molecule has 3 nitrogen and oxygen atoms in total. The van der Waals surface area contributed by atoms with Gasteiger partial charge < -0.3 is 9.47 Å². The Bertz CT molecular complexity index is 1210. The molecular formula is C27H26O3. The minimum absolute atomic E-state index is 0.227. The summed E-state index contributed by atoms with van der Waals surface area (Å²) in [4.78, 5) is 12.9. The van der Waals surface area contributed by atoms with Crippen molar-refractivity contribution in [2.24, 2.45) is 5.41 Å². The van der Waals surface area contributed by atoms with Crippen LogP contribution >= 0.6 is 0 Å². The van der Waals surface area contributed by atoms with Gasteiger partial charge in [-0.2, -0.15) is 0 Å². The molecule has 1 atom stereocenters. The number of benzene rings is 4. The lowest BCUT2D eigenvalue weighted by molar-refractivity contribution is -0.157. The van der Waals surface area contributed by atoms with Gasteiger partial charge in [-0.05, 0) is 66.1 Å². The van der Waals surface area contributed by atoms with Crippen molar-refractivity contribution in [3.63, 3.8) is 0 Å². The average Bonchev–Trinajstić information content (AvgIpc) is 2.75. The minimum atomic E-state index is -0.590. The molecule has 152 valence electrons. The molecular weight excluding hydrogens is 372 g/mol. The lowest BCUT2D eigenvalue weighted by atomic mass is 9.93. The number of esters is 1. The van der Waals surface area contributed by atoms with Crippen LogP contribution in [0.1, 0.15) is 38.0 Å². The minimum Gasteiger partial charge on any atom is -0.497 e. The molecule has 0 saturated carbocycles. The van der Waals surface area contributed by atoms with Crippen molar-refractivity contribution in [3.8, 4) is 5.75 Å². The van der Waals surface area contributed by atoms with E-state index in [1.54, 1.807) is 7.11 Å². The molecule has 1 unspecified atom stereocenters. The maximum Gasteiger partial charge on any atom is 0.312 e. The highest BCUT2D eigenvalue weighted by Gasteiger charge is 2.29. The van der Waals surface area contributed by atoms with Gasteiger partial charge in [0.15, 0.2) is 6.10 Å². The molecule has 0 saturated heterocycles. The summed E-state index contributed by atoms with van der Waals surface area (Å²) in [6.45, 7) is 5.63. The highest BCUT2D eigenvalue weighted by Crippen LogP contribution is 2.35. The summed E-state index contributed by atoms with van der Waals surface area (Å²) < 4.78 is 11.5. The summed E-state index contributed by atoms with van der Waals surface area (Å²) >= 11 is 0. The van der Waals surface area contributed by atoms with Crippen LogP contribution in [0.15, 0.2) is 78.9 Å². The fourth-order valence-electron chi connectivity index (χ4n) is 3.61.